The van der Waals surface area contributed by atoms with Crippen LogP contribution in [0, 0.1) is 5.92 Å². The van der Waals surface area contributed by atoms with E-state index in [2.05, 4.69) is 128 Å². The average Bonchev–Trinajstić information content (AvgIpc) is 3.88. The normalized spacial score (nSPS) is 17.7. The Bertz CT molecular complexity index is 1560. The van der Waals surface area contributed by atoms with Gasteiger partial charge in [-0.2, -0.15) is 0 Å². The Balaban J connectivity index is 1.18. The van der Waals surface area contributed by atoms with Gasteiger partial charge in [0.2, 0.25) is 0 Å². The molecule has 1 aliphatic carbocycles. The molecule has 0 amide bonds. The highest BCUT2D eigenvalue weighted by atomic mass is 15.3. The van der Waals surface area contributed by atoms with E-state index in [1.165, 1.54) is 47.9 Å². The van der Waals surface area contributed by atoms with Gasteiger partial charge < -0.3 is 16.0 Å². The summed E-state index contributed by atoms with van der Waals surface area (Å²) in [6.07, 6.45) is 11.1. The molecule has 2 aromatic carbocycles. The lowest BCUT2D eigenvalue weighted by Crippen LogP contribution is -2.57. The number of nitrogens with zero attached hydrogens (tertiary/aromatic N) is 4. The van der Waals surface area contributed by atoms with Gasteiger partial charge in [0.05, 0.1) is 17.1 Å². The molecule has 266 valence electrons. The molecule has 1 aliphatic heterocycles. The lowest BCUT2D eigenvalue weighted by molar-refractivity contribution is 0.0357. The Morgan fingerprint density at radius 2 is 1.48 bits per heavy atom. The van der Waals surface area contributed by atoms with E-state index in [1.807, 2.05) is 19.4 Å². The number of rotatable bonds is 21. The molecule has 3 heterocycles. The Labute approximate surface area is 300 Å². The molecule has 2 fully saturated rings. The smallest absolute Gasteiger partial charge is 0.0990 e. The van der Waals surface area contributed by atoms with Crippen LogP contribution in [0.4, 0.5) is 0 Å². The molecular weight excluding hydrogens is 617 g/mol. The molecule has 6 rings (SSSR count). The zero-order valence-corrected chi connectivity index (χ0v) is 30.3. The monoisotopic (exact) mass is 674 g/mol. The van der Waals surface area contributed by atoms with Crippen LogP contribution in [0.25, 0.3) is 0 Å². The van der Waals surface area contributed by atoms with Crippen LogP contribution >= 0.6 is 0 Å². The summed E-state index contributed by atoms with van der Waals surface area (Å²) in [6, 6.07) is 31.3. The van der Waals surface area contributed by atoms with Gasteiger partial charge in [0.15, 0.2) is 0 Å². The zero-order valence-electron chi connectivity index (χ0n) is 30.3. The molecule has 8 heteroatoms. The lowest BCUT2D eigenvalue weighted by Gasteiger charge is -2.46. The van der Waals surface area contributed by atoms with Crippen LogP contribution in [0.5, 0.6) is 0 Å². The summed E-state index contributed by atoms with van der Waals surface area (Å²) in [5.74, 6) is 0.874. The Morgan fingerprint density at radius 1 is 0.780 bits per heavy atom. The molecule has 50 heavy (non-hydrogen) atoms. The molecule has 2 aliphatic rings. The van der Waals surface area contributed by atoms with E-state index < -0.39 is 0 Å². The van der Waals surface area contributed by atoms with Crippen molar-refractivity contribution in [2.45, 2.75) is 83.0 Å². The standard InChI is InChI=1S/C42H58N8/c1-43-28-36-18-21-46-39(25-36)31-44-20-10-23-49(2)42(38-13-7-4-8-14-38,27-41-15-9-24-50(41)33-35-11-5-3-6-12-35)48-32-40-26-37(19-22-47-40)30-45-29-34-16-17-34/h3-8,11-14,18-19,21-22,25-26,34,41,43-45,48H,9-10,15-17,20,23-24,27-33H2,1-2H3/t41-,42?/m0/s1. The van der Waals surface area contributed by atoms with Gasteiger partial charge in [-0.3, -0.25) is 25.1 Å². The van der Waals surface area contributed by atoms with Crippen LogP contribution in [0.1, 0.15) is 72.2 Å². The van der Waals surface area contributed by atoms with Crippen molar-refractivity contribution in [3.63, 3.8) is 0 Å². The van der Waals surface area contributed by atoms with E-state index in [-0.39, 0.29) is 5.66 Å². The van der Waals surface area contributed by atoms with Gasteiger partial charge >= 0.3 is 0 Å². The Morgan fingerprint density at radius 3 is 2.20 bits per heavy atom. The second-order valence-corrected chi connectivity index (χ2v) is 14.4. The van der Waals surface area contributed by atoms with Crippen LogP contribution in [0.2, 0.25) is 0 Å². The molecule has 1 saturated heterocycles. The summed E-state index contributed by atoms with van der Waals surface area (Å²) >= 11 is 0. The number of likely N-dealkylation sites (tertiary alicyclic amines) is 1. The van der Waals surface area contributed by atoms with Crippen LogP contribution in [0.15, 0.2) is 97.3 Å². The minimum absolute atomic E-state index is 0.365. The maximum absolute atomic E-state index is 4.85. The molecule has 0 spiro atoms. The third kappa shape index (κ3) is 10.5. The molecule has 1 unspecified atom stereocenters. The number of benzene rings is 2. The first-order valence-corrected chi connectivity index (χ1v) is 18.8. The summed E-state index contributed by atoms with van der Waals surface area (Å²) in [5, 5.41) is 14.7. The highest BCUT2D eigenvalue weighted by Crippen LogP contribution is 2.36. The van der Waals surface area contributed by atoms with Crippen LogP contribution in [-0.2, 0) is 38.4 Å². The SMILES string of the molecule is CNCc1ccnc(CNCCCN(C)C(C[C@@H]2CCCN2Cc2ccccc2)(NCc2cc(CNCC3CC3)ccn2)c2ccccc2)c1. The summed E-state index contributed by atoms with van der Waals surface area (Å²) in [5.41, 5.74) is 7.08. The van der Waals surface area contributed by atoms with Gasteiger partial charge in [-0.15, -0.1) is 0 Å². The van der Waals surface area contributed by atoms with Gasteiger partial charge in [0.1, 0.15) is 0 Å². The van der Waals surface area contributed by atoms with Gasteiger partial charge in [0.25, 0.3) is 0 Å². The maximum atomic E-state index is 4.85. The van der Waals surface area contributed by atoms with Crippen LogP contribution in [-0.4, -0.2) is 66.1 Å². The minimum atomic E-state index is -0.365. The van der Waals surface area contributed by atoms with E-state index in [9.17, 15) is 0 Å². The number of hydrogen-bond acceptors (Lipinski definition) is 8. The zero-order chi connectivity index (χ0) is 34.4. The minimum Gasteiger partial charge on any atom is -0.316 e. The predicted octanol–water partition coefficient (Wildman–Crippen LogP) is 5.80. The second-order valence-electron chi connectivity index (χ2n) is 14.4. The van der Waals surface area contributed by atoms with Crippen molar-refractivity contribution < 1.29 is 0 Å². The number of pyridine rings is 2. The van der Waals surface area contributed by atoms with Gasteiger partial charge in [-0.05, 0) is 125 Å². The van der Waals surface area contributed by atoms with E-state index in [4.69, 9.17) is 4.98 Å². The third-order valence-electron chi connectivity index (χ3n) is 10.5. The van der Waals surface area contributed by atoms with Crippen molar-refractivity contribution >= 4 is 0 Å². The van der Waals surface area contributed by atoms with E-state index in [1.54, 1.807) is 0 Å². The predicted molar refractivity (Wildman–Crippen MR) is 204 cm³/mol. The summed E-state index contributed by atoms with van der Waals surface area (Å²) < 4.78 is 0. The van der Waals surface area contributed by atoms with E-state index >= 15 is 0 Å². The largest absolute Gasteiger partial charge is 0.316 e. The fourth-order valence-electron chi connectivity index (χ4n) is 7.51. The van der Waals surface area contributed by atoms with E-state index in [0.29, 0.717) is 12.6 Å². The van der Waals surface area contributed by atoms with Gasteiger partial charge in [-0.25, -0.2) is 0 Å². The molecule has 1 saturated carbocycles. The topological polar surface area (TPSA) is 80.4 Å². The number of nitrogens with one attached hydrogen (secondary N) is 4. The highest BCUT2D eigenvalue weighted by molar-refractivity contribution is 5.26. The van der Waals surface area contributed by atoms with E-state index in [0.717, 1.165) is 82.5 Å². The van der Waals surface area contributed by atoms with Crippen molar-refractivity contribution in [1.82, 2.24) is 41.0 Å². The highest BCUT2D eigenvalue weighted by Gasteiger charge is 2.41. The molecular formula is C42H58N8. The molecule has 2 atom stereocenters. The molecule has 0 bridgehead atoms. The molecule has 4 N–H and O–H groups in total. The lowest BCUT2D eigenvalue weighted by atomic mass is 9.88. The Hall–Kier alpha value is -3.50. The third-order valence-corrected chi connectivity index (χ3v) is 10.5. The van der Waals surface area contributed by atoms with Crippen LogP contribution in [0.3, 0.4) is 0 Å². The van der Waals surface area contributed by atoms with Crippen molar-refractivity contribution in [3.8, 4) is 0 Å². The van der Waals surface area contributed by atoms with Crippen molar-refractivity contribution in [3.05, 3.63) is 131 Å². The summed E-state index contributed by atoms with van der Waals surface area (Å²) in [4.78, 5) is 14.7. The average molecular weight is 675 g/mol. The van der Waals surface area contributed by atoms with Gasteiger partial charge in [-0.1, -0.05) is 60.7 Å². The van der Waals surface area contributed by atoms with Crippen LogP contribution < -0.4 is 21.3 Å². The first kappa shape index (κ1) is 36.3. The van der Waals surface area contributed by atoms with Crippen molar-refractivity contribution in [1.29, 1.82) is 0 Å². The van der Waals surface area contributed by atoms with Crippen molar-refractivity contribution in [2.24, 2.45) is 5.92 Å². The summed E-state index contributed by atoms with van der Waals surface area (Å²) in [7, 11) is 4.29. The molecule has 2 aromatic heterocycles. The van der Waals surface area contributed by atoms with Crippen molar-refractivity contribution in [2.75, 3.05) is 40.3 Å². The maximum Gasteiger partial charge on any atom is 0.0990 e. The summed E-state index contributed by atoms with van der Waals surface area (Å²) in [6.45, 7) is 8.35. The second kappa shape index (κ2) is 18.7. The molecule has 4 aromatic rings. The molecule has 8 nitrogen and oxygen atoms in total. The Kier molecular flexibility index (Phi) is 13.5. The fraction of sp³-hybridized carbons (Fsp3) is 0.476. The molecule has 0 radical (unpaired) electrons. The first-order valence-electron chi connectivity index (χ1n) is 18.8. The van der Waals surface area contributed by atoms with Gasteiger partial charge in [0, 0.05) is 57.7 Å². The first-order chi connectivity index (χ1) is 24.6. The number of aromatic nitrogens is 2. The fourth-order valence-corrected chi connectivity index (χ4v) is 7.51. The quantitative estimate of drug-likeness (QED) is 0.0653. The number of hydrogen-bond donors (Lipinski definition) is 4.